The molecule has 5 rings (SSSR count). The Morgan fingerprint density at radius 3 is 1.05 bits per heavy atom. The van der Waals surface area contributed by atoms with E-state index < -0.39 is 27.4 Å². The molecule has 4 aliphatic heterocycles. The van der Waals surface area contributed by atoms with E-state index in [1.165, 1.54) is 10.6 Å². The van der Waals surface area contributed by atoms with Crippen LogP contribution >= 0.6 is 15.8 Å². The lowest BCUT2D eigenvalue weighted by molar-refractivity contribution is -0.149. The molecule has 0 aliphatic carbocycles. The molecule has 1 aromatic carbocycles. The first-order valence-corrected chi connectivity index (χ1v) is 16.4. The minimum atomic E-state index is -0.728. The Hall–Kier alpha value is -0.240. The maximum Gasteiger partial charge on any atom is 0.163 e. The van der Waals surface area contributed by atoms with E-state index in [2.05, 4.69) is 24.3 Å². The molecule has 0 bridgehead atoms. The van der Waals surface area contributed by atoms with Gasteiger partial charge in [-0.25, -0.2) is 0 Å². The van der Waals surface area contributed by atoms with Crippen LogP contribution in [-0.2, 0) is 37.9 Å². The van der Waals surface area contributed by atoms with Gasteiger partial charge in [0.2, 0.25) is 0 Å². The van der Waals surface area contributed by atoms with Crippen LogP contribution < -0.4 is 10.6 Å². The molecule has 0 N–H and O–H groups in total. The zero-order valence-corrected chi connectivity index (χ0v) is 25.7. The number of hydrogen-bond donors (Lipinski definition) is 0. The van der Waals surface area contributed by atoms with Crippen LogP contribution in [0.2, 0.25) is 0 Å². The van der Waals surface area contributed by atoms with Crippen molar-refractivity contribution < 1.29 is 37.9 Å². The van der Waals surface area contributed by atoms with Gasteiger partial charge < -0.3 is 37.9 Å². The third-order valence-corrected chi connectivity index (χ3v) is 14.8. The summed E-state index contributed by atoms with van der Waals surface area (Å²) in [7, 11) is 5.66. The predicted molar refractivity (Wildman–Crippen MR) is 150 cm³/mol. The van der Waals surface area contributed by atoms with Crippen molar-refractivity contribution in [2.75, 3.05) is 54.9 Å². The van der Waals surface area contributed by atoms with Gasteiger partial charge in [-0.3, -0.25) is 0 Å². The molecular weight excluding hydrogens is 526 g/mol. The average Bonchev–Trinajstić information content (AvgIpc) is 3.51. The Morgan fingerprint density at radius 2 is 0.816 bits per heavy atom. The summed E-state index contributed by atoms with van der Waals surface area (Å²) in [6, 6.07) is 8.95. The number of ether oxygens (including phenoxy) is 8. The number of hydrogen-bond acceptors (Lipinski definition) is 8. The van der Waals surface area contributed by atoms with Gasteiger partial charge in [-0.2, -0.15) is 0 Å². The predicted octanol–water partition coefficient (Wildman–Crippen LogP) is 3.03. The monoisotopic (exact) mass is 570 g/mol. The summed E-state index contributed by atoms with van der Waals surface area (Å²) in [5.41, 5.74) is 0.809. The third kappa shape index (κ3) is 5.25. The maximum atomic E-state index is 6.52. The van der Waals surface area contributed by atoms with Gasteiger partial charge in [0.15, 0.2) is 11.6 Å². The Morgan fingerprint density at radius 1 is 0.553 bits per heavy atom. The molecule has 10 heteroatoms. The van der Waals surface area contributed by atoms with Crippen LogP contribution in [0.15, 0.2) is 24.3 Å². The van der Waals surface area contributed by atoms with Crippen molar-refractivity contribution >= 4 is 26.5 Å². The van der Waals surface area contributed by atoms with Crippen LogP contribution in [0.1, 0.15) is 27.7 Å². The number of fused-ring (bicyclic) bond motifs is 2. The third-order valence-electron chi connectivity index (χ3n) is 8.06. The van der Waals surface area contributed by atoms with Gasteiger partial charge in [0, 0.05) is 51.1 Å². The molecule has 8 nitrogen and oxygen atoms in total. The molecule has 0 spiro atoms. The first-order chi connectivity index (χ1) is 18.2. The molecule has 0 saturated carbocycles. The minimum Gasteiger partial charge on any atom is -0.384 e. The normalized spacial score (nSPS) is 40.9. The van der Waals surface area contributed by atoms with E-state index in [0.29, 0.717) is 26.4 Å². The average molecular weight is 571 g/mol. The fourth-order valence-electron chi connectivity index (χ4n) is 6.95. The van der Waals surface area contributed by atoms with E-state index in [-0.39, 0.29) is 47.1 Å². The van der Waals surface area contributed by atoms with E-state index in [0.717, 1.165) is 0 Å². The molecule has 38 heavy (non-hydrogen) atoms. The Balaban J connectivity index is 1.58. The second-order valence-electron chi connectivity index (χ2n) is 11.5. The first kappa shape index (κ1) is 29.3. The van der Waals surface area contributed by atoms with Crippen LogP contribution in [0, 0.1) is 0 Å². The molecule has 4 saturated heterocycles. The number of rotatable bonds is 10. The number of benzene rings is 1. The summed E-state index contributed by atoms with van der Waals surface area (Å²) in [6.07, 6.45) is -0.122. The molecule has 1 aromatic rings. The SMILES string of the molecule is COC[C@@H]1C2OC(C)(C)OC2[C@@H](COC)P1c1ccccc1P1[C@H](COC)C2OC(C)(C)OC2[C@@H]1COC. The standard InChI is InChI=1S/C28H44O8P2/c1-27(2)33-23-19(13-29-5)37(20(14-30-6)24(23)34-27)17-11-9-10-12-18(17)38-21(15-31-7)25-26(22(38)16-32-8)36-28(3,4)35-25/h9-12,19-26H,13-16H2,1-8H3/t19-,20-,21-,22+,23?,24?,25?,26?,37?,38?/m1/s1. The van der Waals surface area contributed by atoms with Crippen LogP contribution in [0.5, 0.6) is 0 Å². The molecule has 214 valence electrons. The highest BCUT2D eigenvalue weighted by molar-refractivity contribution is 7.73. The summed E-state index contributed by atoms with van der Waals surface area (Å²) < 4.78 is 49.3. The van der Waals surface area contributed by atoms with Crippen LogP contribution in [0.3, 0.4) is 0 Å². The van der Waals surface area contributed by atoms with Gasteiger partial charge in [-0.05, 0) is 38.3 Å². The van der Waals surface area contributed by atoms with Crippen LogP contribution in [0.25, 0.3) is 0 Å². The van der Waals surface area contributed by atoms with Gasteiger partial charge in [0.05, 0.1) is 50.8 Å². The molecule has 4 heterocycles. The molecule has 0 amide bonds. The van der Waals surface area contributed by atoms with Crippen LogP contribution in [-0.4, -0.2) is 113 Å². The van der Waals surface area contributed by atoms with Crippen molar-refractivity contribution in [3.8, 4) is 0 Å². The summed E-state index contributed by atoms with van der Waals surface area (Å²) in [4.78, 5) is 0. The minimum absolute atomic E-state index is 0.0305. The van der Waals surface area contributed by atoms with Crippen molar-refractivity contribution in [3.05, 3.63) is 24.3 Å². The highest BCUT2D eigenvalue weighted by Gasteiger charge is 2.62. The maximum absolute atomic E-state index is 6.52. The highest BCUT2D eigenvalue weighted by atomic mass is 31.1. The summed E-state index contributed by atoms with van der Waals surface area (Å²) in [5, 5.41) is 2.78. The fourth-order valence-corrected chi connectivity index (χ4v) is 14.7. The van der Waals surface area contributed by atoms with Gasteiger partial charge >= 0.3 is 0 Å². The summed E-state index contributed by atoms with van der Waals surface area (Å²) in [6.45, 7) is 10.5. The van der Waals surface area contributed by atoms with Crippen molar-refractivity contribution in [1.82, 2.24) is 0 Å². The van der Waals surface area contributed by atoms with Gasteiger partial charge in [0.1, 0.15) is 0 Å². The van der Waals surface area contributed by atoms with Gasteiger partial charge in [0.25, 0.3) is 0 Å². The number of methoxy groups -OCH3 is 4. The highest BCUT2D eigenvalue weighted by Crippen LogP contribution is 2.64. The first-order valence-electron chi connectivity index (χ1n) is 13.5. The topological polar surface area (TPSA) is 73.8 Å². The molecule has 4 fully saturated rings. The van der Waals surface area contributed by atoms with Crippen LogP contribution in [0.4, 0.5) is 0 Å². The van der Waals surface area contributed by atoms with Crippen molar-refractivity contribution in [3.63, 3.8) is 0 Å². The quantitative estimate of drug-likeness (QED) is 0.398. The van der Waals surface area contributed by atoms with E-state index in [9.17, 15) is 0 Å². The largest absolute Gasteiger partial charge is 0.384 e. The molecular formula is C28H44O8P2. The zero-order chi connectivity index (χ0) is 27.2. The molecule has 0 aromatic heterocycles. The second-order valence-corrected chi connectivity index (χ2v) is 16.8. The van der Waals surface area contributed by atoms with Crippen molar-refractivity contribution in [2.24, 2.45) is 0 Å². The lowest BCUT2D eigenvalue weighted by Crippen LogP contribution is -2.38. The zero-order valence-electron chi connectivity index (χ0n) is 23.9. The molecule has 0 radical (unpaired) electrons. The Labute approximate surface area is 229 Å². The van der Waals surface area contributed by atoms with E-state index in [1.54, 1.807) is 28.4 Å². The van der Waals surface area contributed by atoms with Gasteiger partial charge in [-0.1, -0.05) is 40.1 Å². The second kappa shape index (κ2) is 11.6. The Bertz CT molecular complexity index is 838. The lowest BCUT2D eigenvalue weighted by atomic mass is 10.1. The fraction of sp³-hybridized carbons (Fsp3) is 0.786. The molecule has 9 atom stereocenters. The smallest absolute Gasteiger partial charge is 0.163 e. The van der Waals surface area contributed by atoms with E-state index >= 15 is 0 Å². The van der Waals surface area contributed by atoms with E-state index in [4.69, 9.17) is 37.9 Å². The van der Waals surface area contributed by atoms with Gasteiger partial charge in [-0.15, -0.1) is 0 Å². The Kier molecular flexibility index (Phi) is 8.90. The molecule has 4 aliphatic rings. The van der Waals surface area contributed by atoms with E-state index in [1.807, 2.05) is 27.7 Å². The molecule has 5 unspecified atom stereocenters. The lowest BCUT2D eigenvalue weighted by Gasteiger charge is -2.36. The summed E-state index contributed by atoms with van der Waals surface area (Å²) >= 11 is 0. The summed E-state index contributed by atoms with van der Waals surface area (Å²) in [5.74, 6) is -1.23. The van der Waals surface area contributed by atoms with Crippen molar-refractivity contribution in [1.29, 1.82) is 0 Å². The van der Waals surface area contributed by atoms with Crippen molar-refractivity contribution in [2.45, 2.75) is 86.3 Å².